The fourth-order valence-electron chi connectivity index (χ4n) is 3.85. The molecular formula is C24H51O5P. The van der Waals surface area contributed by atoms with Crippen LogP contribution >= 0.6 is 7.60 Å². The molecule has 0 saturated carbocycles. The molecule has 0 heterocycles. The lowest BCUT2D eigenvalue weighted by Gasteiger charge is -2.23. The zero-order valence-corrected chi connectivity index (χ0v) is 21.1. The predicted molar refractivity (Wildman–Crippen MR) is 127 cm³/mol. The molecule has 2 unspecified atom stereocenters. The highest BCUT2D eigenvalue weighted by Gasteiger charge is 2.17. The van der Waals surface area contributed by atoms with Crippen molar-refractivity contribution < 1.29 is 23.8 Å². The summed E-state index contributed by atoms with van der Waals surface area (Å²) >= 11 is 0. The third kappa shape index (κ3) is 21.3. The quantitative estimate of drug-likeness (QED) is 0.125. The van der Waals surface area contributed by atoms with Crippen LogP contribution in [0.1, 0.15) is 124 Å². The van der Waals surface area contributed by atoms with E-state index in [2.05, 4.69) is 20.8 Å². The van der Waals surface area contributed by atoms with Gasteiger partial charge >= 0.3 is 7.60 Å². The van der Waals surface area contributed by atoms with Crippen molar-refractivity contribution in [3.63, 3.8) is 0 Å². The van der Waals surface area contributed by atoms with Crippen molar-refractivity contribution in [1.82, 2.24) is 0 Å². The Morgan fingerprint density at radius 3 is 1.63 bits per heavy atom. The summed E-state index contributed by atoms with van der Waals surface area (Å²) in [6.07, 6.45) is 20.5. The van der Waals surface area contributed by atoms with E-state index in [0.717, 1.165) is 25.9 Å². The highest BCUT2D eigenvalue weighted by molar-refractivity contribution is 7.51. The van der Waals surface area contributed by atoms with Gasteiger partial charge in [0.2, 0.25) is 0 Å². The van der Waals surface area contributed by atoms with Crippen molar-refractivity contribution >= 4 is 7.60 Å². The smallest absolute Gasteiger partial charge is 0.350 e. The van der Waals surface area contributed by atoms with Crippen LogP contribution in [-0.4, -0.2) is 35.5 Å². The van der Waals surface area contributed by atoms with Crippen molar-refractivity contribution in [2.24, 2.45) is 5.92 Å². The molecule has 0 aromatic rings. The van der Waals surface area contributed by atoms with Crippen LogP contribution in [0.4, 0.5) is 0 Å². The highest BCUT2D eigenvalue weighted by Crippen LogP contribution is 2.34. The first kappa shape index (κ1) is 30.1. The van der Waals surface area contributed by atoms with E-state index < -0.39 is 13.9 Å². The summed E-state index contributed by atoms with van der Waals surface area (Å²) in [6, 6.07) is 0. The van der Waals surface area contributed by atoms with Crippen LogP contribution in [0.2, 0.25) is 0 Å². The Morgan fingerprint density at radius 1 is 0.733 bits per heavy atom. The Bertz CT molecular complexity index is 399. The van der Waals surface area contributed by atoms with Gasteiger partial charge in [-0.15, -0.1) is 0 Å². The third-order valence-corrected chi connectivity index (χ3v) is 6.36. The minimum atomic E-state index is -4.06. The minimum absolute atomic E-state index is 0.200. The van der Waals surface area contributed by atoms with Crippen molar-refractivity contribution in [3.05, 3.63) is 0 Å². The van der Waals surface area contributed by atoms with Gasteiger partial charge in [-0.2, -0.15) is 0 Å². The Kier molecular flexibility index (Phi) is 21.0. The van der Waals surface area contributed by atoms with Gasteiger partial charge in [0.25, 0.3) is 0 Å². The van der Waals surface area contributed by atoms with Crippen LogP contribution in [0.5, 0.6) is 0 Å². The summed E-state index contributed by atoms with van der Waals surface area (Å²) in [5, 5.41) is 0. The summed E-state index contributed by atoms with van der Waals surface area (Å²) in [5.74, 6) is 0.332. The molecule has 0 radical (unpaired) electrons. The monoisotopic (exact) mass is 450 g/mol. The first-order chi connectivity index (χ1) is 14.4. The molecule has 0 aliphatic carbocycles. The molecule has 0 aromatic heterocycles. The second kappa shape index (κ2) is 20.9. The molecule has 0 aromatic carbocycles. The Hall–Kier alpha value is 0.0700. The average molecular weight is 451 g/mol. The summed E-state index contributed by atoms with van der Waals surface area (Å²) in [7, 11) is -4.06. The summed E-state index contributed by atoms with van der Waals surface area (Å²) in [4.78, 5) is 17.6. The Balaban J connectivity index is 3.45. The highest BCUT2D eigenvalue weighted by atomic mass is 31.2. The van der Waals surface area contributed by atoms with Gasteiger partial charge in [-0.05, 0) is 25.2 Å². The largest absolute Gasteiger partial charge is 0.378 e. The van der Waals surface area contributed by atoms with Crippen LogP contribution in [0.25, 0.3) is 0 Å². The second-order valence-corrected chi connectivity index (χ2v) is 10.5. The lowest BCUT2D eigenvalue weighted by molar-refractivity contribution is 0.00256. The van der Waals surface area contributed by atoms with Crippen LogP contribution in [0, 0.1) is 5.92 Å². The molecule has 0 fully saturated rings. The van der Waals surface area contributed by atoms with Gasteiger partial charge < -0.3 is 19.3 Å². The first-order valence-corrected chi connectivity index (χ1v) is 14.4. The molecule has 0 spiro atoms. The minimum Gasteiger partial charge on any atom is -0.378 e. The SMILES string of the molecule is CCCCCCCCCCCCCCCCOC(CC)C(C)CCOCP(=O)(O)O. The molecule has 5 nitrogen and oxygen atoms in total. The van der Waals surface area contributed by atoms with Crippen LogP contribution in [0.3, 0.4) is 0 Å². The zero-order valence-electron chi connectivity index (χ0n) is 20.2. The van der Waals surface area contributed by atoms with Crippen molar-refractivity contribution in [3.8, 4) is 0 Å². The van der Waals surface area contributed by atoms with E-state index in [1.165, 1.54) is 83.5 Å². The second-order valence-electron chi connectivity index (χ2n) is 8.88. The van der Waals surface area contributed by atoms with Crippen molar-refractivity contribution in [2.45, 2.75) is 130 Å². The summed E-state index contributed by atoms with van der Waals surface area (Å²) < 4.78 is 21.9. The molecule has 6 heteroatoms. The Labute approximate surface area is 186 Å². The molecule has 30 heavy (non-hydrogen) atoms. The molecule has 0 saturated heterocycles. The van der Waals surface area contributed by atoms with E-state index in [1.54, 1.807) is 0 Å². The van der Waals surface area contributed by atoms with Gasteiger partial charge in [-0.25, -0.2) is 0 Å². The first-order valence-electron chi connectivity index (χ1n) is 12.6. The van der Waals surface area contributed by atoms with Gasteiger partial charge in [-0.1, -0.05) is 104 Å². The summed E-state index contributed by atoms with van der Waals surface area (Å²) in [5.41, 5.74) is 0. The average Bonchev–Trinajstić information content (AvgIpc) is 2.70. The molecule has 0 aliphatic heterocycles. The van der Waals surface area contributed by atoms with Gasteiger partial charge in [0, 0.05) is 13.2 Å². The van der Waals surface area contributed by atoms with Gasteiger partial charge in [0.15, 0.2) is 0 Å². The lowest BCUT2D eigenvalue weighted by Crippen LogP contribution is -2.23. The standard InChI is InChI=1S/C24H51O5P/c1-4-6-7-8-9-10-11-12-13-14-15-16-17-18-20-29-24(5-2)23(3)19-21-28-22-30(25,26)27/h23-24H,4-22H2,1-3H3,(H2,25,26,27). The third-order valence-electron chi connectivity index (χ3n) is 5.84. The maximum absolute atomic E-state index is 10.8. The number of ether oxygens (including phenoxy) is 2. The molecule has 0 bridgehead atoms. The van der Waals surface area contributed by atoms with E-state index >= 15 is 0 Å². The van der Waals surface area contributed by atoms with E-state index in [9.17, 15) is 4.57 Å². The van der Waals surface area contributed by atoms with Gasteiger partial charge in [-0.3, -0.25) is 4.57 Å². The Morgan fingerprint density at radius 2 is 1.20 bits per heavy atom. The molecule has 2 atom stereocenters. The van der Waals surface area contributed by atoms with E-state index in [-0.39, 0.29) is 6.10 Å². The summed E-state index contributed by atoms with van der Waals surface area (Å²) in [6.45, 7) is 7.70. The van der Waals surface area contributed by atoms with E-state index in [4.69, 9.17) is 19.3 Å². The van der Waals surface area contributed by atoms with Crippen LogP contribution in [0.15, 0.2) is 0 Å². The molecule has 182 valence electrons. The molecular weight excluding hydrogens is 399 g/mol. The van der Waals surface area contributed by atoms with Gasteiger partial charge in [0.1, 0.15) is 6.35 Å². The lowest BCUT2D eigenvalue weighted by atomic mass is 9.99. The van der Waals surface area contributed by atoms with Crippen LogP contribution in [-0.2, 0) is 14.0 Å². The fourth-order valence-corrected chi connectivity index (χ4v) is 4.22. The van der Waals surface area contributed by atoms with Crippen molar-refractivity contribution in [2.75, 3.05) is 19.6 Å². The maximum atomic E-state index is 10.8. The molecule has 2 N–H and O–H groups in total. The zero-order chi connectivity index (χ0) is 22.5. The predicted octanol–water partition coefficient (Wildman–Crippen LogP) is 7.44. The van der Waals surface area contributed by atoms with Crippen LogP contribution < -0.4 is 0 Å². The number of hydrogen-bond donors (Lipinski definition) is 2. The number of rotatable bonds is 23. The topological polar surface area (TPSA) is 76.0 Å². The van der Waals surface area contributed by atoms with E-state index in [0.29, 0.717) is 12.5 Å². The fraction of sp³-hybridized carbons (Fsp3) is 1.00. The molecule has 0 amide bonds. The molecule has 0 aliphatic rings. The number of hydrogen-bond acceptors (Lipinski definition) is 3. The molecule has 0 rings (SSSR count). The van der Waals surface area contributed by atoms with Gasteiger partial charge in [0.05, 0.1) is 6.10 Å². The normalized spacial score (nSPS) is 14.2. The van der Waals surface area contributed by atoms with E-state index in [1.807, 2.05) is 0 Å². The maximum Gasteiger partial charge on any atom is 0.350 e. The van der Waals surface area contributed by atoms with Crippen molar-refractivity contribution in [1.29, 1.82) is 0 Å². The number of unbranched alkanes of at least 4 members (excludes halogenated alkanes) is 13.